The molecule has 2 fully saturated rings. The lowest BCUT2D eigenvalue weighted by Crippen LogP contribution is -2.53. The van der Waals surface area contributed by atoms with Crippen LogP contribution in [0.25, 0.3) is 11.4 Å². The van der Waals surface area contributed by atoms with Crippen LogP contribution in [0, 0.1) is 5.41 Å². The first-order valence-corrected chi connectivity index (χ1v) is 9.83. The number of anilines is 1. The quantitative estimate of drug-likeness (QED) is 0.765. The zero-order chi connectivity index (χ0) is 21.8. The number of amides is 2. The Hall–Kier alpha value is -3.21. The highest BCUT2D eigenvalue weighted by Gasteiger charge is 2.45. The SMILES string of the molecule is NC(=O)C1(Cc2ccc3c(c2)OCCn2cc(N4C(=O)OC[C@H]4C(F)F)nc2-3)COC1. The van der Waals surface area contributed by atoms with E-state index in [-0.39, 0.29) is 25.6 Å². The highest BCUT2D eigenvalue weighted by atomic mass is 19.3. The van der Waals surface area contributed by atoms with E-state index >= 15 is 0 Å². The molecule has 0 saturated carbocycles. The smallest absolute Gasteiger partial charge is 0.416 e. The van der Waals surface area contributed by atoms with Gasteiger partial charge in [-0.05, 0) is 24.1 Å². The molecule has 2 N–H and O–H groups in total. The lowest BCUT2D eigenvalue weighted by molar-refractivity contribution is -0.158. The van der Waals surface area contributed by atoms with E-state index in [9.17, 15) is 18.4 Å². The van der Waals surface area contributed by atoms with Gasteiger partial charge < -0.3 is 24.5 Å². The van der Waals surface area contributed by atoms with Gasteiger partial charge in [-0.3, -0.25) is 4.79 Å². The number of ether oxygens (including phenoxy) is 3. The molecule has 2 amide bonds. The van der Waals surface area contributed by atoms with Crippen LogP contribution in [-0.4, -0.2) is 60.4 Å². The molecule has 0 radical (unpaired) electrons. The Morgan fingerprint density at radius 2 is 2.13 bits per heavy atom. The van der Waals surface area contributed by atoms with Crippen LogP contribution in [0.15, 0.2) is 24.4 Å². The molecular weight excluding hydrogens is 414 g/mol. The molecule has 1 atom stereocenters. The number of hydrogen-bond donors (Lipinski definition) is 1. The number of carbonyl (C=O) groups excluding carboxylic acids is 2. The number of nitrogens with zero attached hydrogens (tertiary/aromatic N) is 3. The molecule has 1 aromatic heterocycles. The van der Waals surface area contributed by atoms with Gasteiger partial charge in [-0.15, -0.1) is 0 Å². The van der Waals surface area contributed by atoms with Gasteiger partial charge in [-0.1, -0.05) is 6.07 Å². The summed E-state index contributed by atoms with van der Waals surface area (Å²) in [5.74, 6) is 0.765. The van der Waals surface area contributed by atoms with Crippen molar-refractivity contribution in [3.8, 4) is 17.1 Å². The Morgan fingerprint density at radius 1 is 1.32 bits per heavy atom. The van der Waals surface area contributed by atoms with Crippen molar-refractivity contribution in [2.24, 2.45) is 11.1 Å². The first-order chi connectivity index (χ1) is 14.9. The summed E-state index contributed by atoms with van der Waals surface area (Å²) in [6, 6.07) is 4.11. The first kappa shape index (κ1) is 19.7. The van der Waals surface area contributed by atoms with Crippen LogP contribution in [0.1, 0.15) is 5.56 Å². The number of aromatic nitrogens is 2. The van der Waals surface area contributed by atoms with Gasteiger partial charge in [0.05, 0.1) is 30.7 Å². The number of fused-ring (bicyclic) bond motifs is 3. The Labute approximate surface area is 175 Å². The molecule has 164 valence electrons. The average Bonchev–Trinajstić information content (AvgIpc) is 3.24. The highest BCUT2D eigenvalue weighted by molar-refractivity contribution is 5.89. The molecule has 11 heteroatoms. The van der Waals surface area contributed by atoms with E-state index in [2.05, 4.69) is 4.98 Å². The largest absolute Gasteiger partial charge is 0.491 e. The number of primary amides is 1. The molecule has 0 aliphatic carbocycles. The van der Waals surface area contributed by atoms with Crippen LogP contribution < -0.4 is 15.4 Å². The number of carbonyl (C=O) groups is 2. The van der Waals surface area contributed by atoms with E-state index < -0.39 is 29.9 Å². The fourth-order valence-corrected chi connectivity index (χ4v) is 4.09. The van der Waals surface area contributed by atoms with Crippen LogP contribution in [0.2, 0.25) is 0 Å². The zero-order valence-corrected chi connectivity index (χ0v) is 16.4. The number of nitrogens with two attached hydrogens (primary N) is 1. The second-order valence-corrected chi connectivity index (χ2v) is 7.96. The maximum Gasteiger partial charge on any atom is 0.416 e. The van der Waals surface area contributed by atoms with Crippen molar-refractivity contribution >= 4 is 17.8 Å². The monoisotopic (exact) mass is 434 g/mol. The first-order valence-electron chi connectivity index (χ1n) is 9.83. The minimum Gasteiger partial charge on any atom is -0.491 e. The summed E-state index contributed by atoms with van der Waals surface area (Å²) in [5, 5.41) is 0. The van der Waals surface area contributed by atoms with Crippen molar-refractivity contribution in [1.82, 2.24) is 9.55 Å². The van der Waals surface area contributed by atoms with E-state index in [0.29, 0.717) is 36.7 Å². The minimum absolute atomic E-state index is 0.110. The van der Waals surface area contributed by atoms with Gasteiger partial charge in [0.15, 0.2) is 5.82 Å². The average molecular weight is 434 g/mol. The number of alkyl halides is 2. The van der Waals surface area contributed by atoms with E-state index in [1.807, 2.05) is 12.1 Å². The lowest BCUT2D eigenvalue weighted by atomic mass is 9.79. The lowest BCUT2D eigenvalue weighted by Gasteiger charge is -2.38. The predicted molar refractivity (Wildman–Crippen MR) is 103 cm³/mol. The molecule has 3 aliphatic rings. The van der Waals surface area contributed by atoms with Crippen molar-refractivity contribution in [1.29, 1.82) is 0 Å². The Kier molecular flexibility index (Phi) is 4.58. The summed E-state index contributed by atoms with van der Waals surface area (Å²) in [4.78, 5) is 29.2. The van der Waals surface area contributed by atoms with Crippen molar-refractivity contribution in [3.05, 3.63) is 30.0 Å². The van der Waals surface area contributed by atoms with Crippen molar-refractivity contribution in [2.45, 2.75) is 25.4 Å². The molecule has 4 heterocycles. The topological polar surface area (TPSA) is 109 Å². The fraction of sp³-hybridized carbons (Fsp3) is 0.450. The number of imidazole rings is 1. The molecule has 2 saturated heterocycles. The van der Waals surface area contributed by atoms with Crippen molar-refractivity contribution in [2.75, 3.05) is 31.3 Å². The maximum atomic E-state index is 13.3. The molecule has 1 aromatic carbocycles. The standard InChI is InChI=1S/C20H20F2N4O5/c21-16(22)13-8-31-19(28)26(13)15-7-25-3-4-30-14-5-11(1-2-12(14)17(25)24-15)6-20(18(23)27)9-29-10-20/h1-2,5,7,13,16H,3-4,6,8-10H2,(H2,23,27)/t13-/m0/s1. The zero-order valence-electron chi connectivity index (χ0n) is 16.4. The molecule has 5 rings (SSSR count). The van der Waals surface area contributed by atoms with E-state index in [4.69, 9.17) is 19.9 Å². The maximum absolute atomic E-state index is 13.3. The van der Waals surface area contributed by atoms with Crippen LogP contribution >= 0.6 is 0 Å². The van der Waals surface area contributed by atoms with Crippen LogP contribution in [0.5, 0.6) is 5.75 Å². The Morgan fingerprint density at radius 3 is 2.81 bits per heavy atom. The molecule has 3 aliphatic heterocycles. The third kappa shape index (κ3) is 3.19. The number of halogens is 2. The van der Waals surface area contributed by atoms with Gasteiger partial charge in [-0.2, -0.15) is 0 Å². The summed E-state index contributed by atoms with van der Waals surface area (Å²) in [7, 11) is 0. The van der Waals surface area contributed by atoms with Crippen LogP contribution in [0.4, 0.5) is 19.4 Å². The third-order valence-corrected chi connectivity index (χ3v) is 5.91. The molecule has 2 aromatic rings. The van der Waals surface area contributed by atoms with E-state index in [1.54, 1.807) is 16.8 Å². The Bertz CT molecular complexity index is 1050. The molecule has 0 unspecified atom stereocenters. The van der Waals surface area contributed by atoms with Gasteiger partial charge in [0.1, 0.15) is 30.8 Å². The number of benzene rings is 1. The molecule has 31 heavy (non-hydrogen) atoms. The van der Waals surface area contributed by atoms with Gasteiger partial charge in [0.2, 0.25) is 5.91 Å². The summed E-state index contributed by atoms with van der Waals surface area (Å²) in [6.45, 7) is 0.934. The van der Waals surface area contributed by atoms with Crippen molar-refractivity contribution in [3.63, 3.8) is 0 Å². The van der Waals surface area contributed by atoms with E-state index in [1.165, 1.54) is 0 Å². The second kappa shape index (κ2) is 7.19. The molecule has 0 bridgehead atoms. The number of cyclic esters (lactones) is 1. The fourth-order valence-electron chi connectivity index (χ4n) is 4.09. The normalized spacial score (nSPS) is 21.6. The van der Waals surface area contributed by atoms with Crippen molar-refractivity contribution < 1.29 is 32.6 Å². The molecular formula is C20H20F2N4O5. The molecule has 0 spiro atoms. The van der Waals surface area contributed by atoms with Gasteiger partial charge in [0.25, 0.3) is 6.43 Å². The summed E-state index contributed by atoms with van der Waals surface area (Å²) >= 11 is 0. The highest BCUT2D eigenvalue weighted by Crippen LogP contribution is 2.38. The van der Waals surface area contributed by atoms with Gasteiger partial charge in [0, 0.05) is 6.20 Å². The third-order valence-electron chi connectivity index (χ3n) is 5.91. The minimum atomic E-state index is -2.75. The van der Waals surface area contributed by atoms with E-state index in [0.717, 1.165) is 10.5 Å². The van der Waals surface area contributed by atoms with Gasteiger partial charge in [-0.25, -0.2) is 23.5 Å². The summed E-state index contributed by atoms with van der Waals surface area (Å²) < 4.78 is 44.3. The van der Waals surface area contributed by atoms with Crippen LogP contribution in [0.3, 0.4) is 0 Å². The molecule has 9 nitrogen and oxygen atoms in total. The number of rotatable bonds is 5. The predicted octanol–water partition coefficient (Wildman–Crippen LogP) is 1.58. The Balaban J connectivity index is 1.48. The summed E-state index contributed by atoms with van der Waals surface area (Å²) in [5.41, 5.74) is 6.36. The van der Waals surface area contributed by atoms with Crippen LogP contribution in [-0.2, 0) is 27.2 Å². The summed E-state index contributed by atoms with van der Waals surface area (Å²) in [6.07, 6.45) is -1.62. The second-order valence-electron chi connectivity index (χ2n) is 7.96. The number of hydrogen-bond acceptors (Lipinski definition) is 6. The van der Waals surface area contributed by atoms with Gasteiger partial charge >= 0.3 is 6.09 Å².